The summed E-state index contributed by atoms with van der Waals surface area (Å²) >= 11 is 3.50. The molecule has 0 unspecified atom stereocenters. The van der Waals surface area contributed by atoms with E-state index in [1.807, 2.05) is 29.3 Å². The number of hydrogen-bond donors (Lipinski definition) is 2. The molecule has 2 aromatic rings. The number of rotatable bonds is 5. The Morgan fingerprint density at radius 2 is 2.27 bits per heavy atom. The Bertz CT molecular complexity index is 637. The van der Waals surface area contributed by atoms with Crippen molar-refractivity contribution in [1.82, 2.24) is 0 Å². The van der Waals surface area contributed by atoms with Gasteiger partial charge in [-0.05, 0) is 36.1 Å². The second-order valence-corrected chi connectivity index (χ2v) is 7.43. The largest absolute Gasteiger partial charge is 0.370 e. The van der Waals surface area contributed by atoms with Crippen LogP contribution in [0.2, 0.25) is 0 Å². The minimum atomic E-state index is 0.471. The first-order valence-corrected chi connectivity index (χ1v) is 9.55. The van der Waals surface area contributed by atoms with Crippen LogP contribution in [0.5, 0.6) is 0 Å². The van der Waals surface area contributed by atoms with Crippen LogP contribution in [0, 0.1) is 5.41 Å². The first kappa shape index (κ1) is 15.4. The maximum absolute atomic E-state index is 8.14. The van der Waals surface area contributed by atoms with Gasteiger partial charge in [0.1, 0.15) is 5.84 Å². The van der Waals surface area contributed by atoms with Gasteiger partial charge in [-0.2, -0.15) is 0 Å². The SMILES string of the molecule is CCCCN1CCSc2cc(NC(=N)c3cccs3)ccc21. The van der Waals surface area contributed by atoms with Gasteiger partial charge in [-0.15, -0.1) is 23.1 Å². The predicted octanol–water partition coefficient (Wildman–Crippen LogP) is 4.90. The van der Waals surface area contributed by atoms with Crippen molar-refractivity contribution in [2.45, 2.75) is 24.7 Å². The van der Waals surface area contributed by atoms with Gasteiger partial charge in [0, 0.05) is 29.4 Å². The van der Waals surface area contributed by atoms with Gasteiger partial charge in [-0.1, -0.05) is 19.4 Å². The summed E-state index contributed by atoms with van der Waals surface area (Å²) in [7, 11) is 0. The number of thiophene rings is 1. The number of fused-ring (bicyclic) bond motifs is 1. The van der Waals surface area contributed by atoms with Crippen molar-refractivity contribution >= 4 is 40.3 Å². The maximum atomic E-state index is 8.14. The van der Waals surface area contributed by atoms with Gasteiger partial charge in [0.05, 0.1) is 10.6 Å². The highest BCUT2D eigenvalue weighted by Crippen LogP contribution is 2.36. The number of nitrogens with one attached hydrogen (secondary N) is 2. The van der Waals surface area contributed by atoms with Gasteiger partial charge >= 0.3 is 0 Å². The van der Waals surface area contributed by atoms with E-state index in [-0.39, 0.29) is 0 Å². The maximum Gasteiger partial charge on any atom is 0.140 e. The van der Waals surface area contributed by atoms with E-state index >= 15 is 0 Å². The van der Waals surface area contributed by atoms with E-state index in [2.05, 4.69) is 35.3 Å². The molecule has 1 aromatic carbocycles. The van der Waals surface area contributed by atoms with E-state index < -0.39 is 0 Å². The lowest BCUT2D eigenvalue weighted by molar-refractivity contribution is 0.726. The van der Waals surface area contributed by atoms with E-state index in [1.54, 1.807) is 11.3 Å². The van der Waals surface area contributed by atoms with Gasteiger partial charge in [0.15, 0.2) is 0 Å². The third-order valence-electron chi connectivity index (χ3n) is 3.74. The van der Waals surface area contributed by atoms with E-state index in [0.29, 0.717) is 5.84 Å². The summed E-state index contributed by atoms with van der Waals surface area (Å²) in [5, 5.41) is 13.4. The number of unbranched alkanes of at least 4 members (excludes halogenated alkanes) is 1. The molecule has 5 heteroatoms. The van der Waals surface area contributed by atoms with Gasteiger partial charge in [0.25, 0.3) is 0 Å². The molecule has 0 saturated heterocycles. The minimum absolute atomic E-state index is 0.471. The highest BCUT2D eigenvalue weighted by molar-refractivity contribution is 7.99. The molecule has 0 aliphatic carbocycles. The lowest BCUT2D eigenvalue weighted by Gasteiger charge is -2.31. The Labute approximate surface area is 140 Å². The predicted molar refractivity (Wildman–Crippen MR) is 99.1 cm³/mol. The fourth-order valence-corrected chi connectivity index (χ4v) is 4.28. The Morgan fingerprint density at radius 3 is 3.05 bits per heavy atom. The molecule has 3 rings (SSSR count). The monoisotopic (exact) mass is 331 g/mol. The molecular formula is C17H21N3S2. The van der Waals surface area contributed by atoms with Crippen LogP contribution in [0.25, 0.3) is 0 Å². The van der Waals surface area contributed by atoms with Gasteiger partial charge < -0.3 is 10.2 Å². The van der Waals surface area contributed by atoms with Crippen molar-refractivity contribution in [3.05, 3.63) is 40.6 Å². The summed E-state index contributed by atoms with van der Waals surface area (Å²) in [6.45, 7) is 4.51. The second-order valence-electron chi connectivity index (χ2n) is 5.35. The Balaban J connectivity index is 1.74. The molecule has 0 amide bonds. The van der Waals surface area contributed by atoms with E-state index in [0.717, 1.165) is 29.4 Å². The standard InChI is InChI=1S/C17H21N3S2/c1-2-3-8-20-9-11-22-16-12-13(6-7-14(16)20)19-17(18)15-5-4-10-21-15/h4-7,10,12H,2-3,8-9,11H2,1H3,(H2,18,19). The second kappa shape index (κ2) is 7.20. The van der Waals surface area contributed by atoms with Crippen LogP contribution in [-0.2, 0) is 0 Å². The number of anilines is 2. The molecular weight excluding hydrogens is 310 g/mol. The highest BCUT2D eigenvalue weighted by Gasteiger charge is 2.17. The molecule has 2 heterocycles. The molecule has 2 N–H and O–H groups in total. The summed E-state index contributed by atoms with van der Waals surface area (Å²) in [6, 6.07) is 10.4. The molecule has 1 aliphatic rings. The van der Waals surface area contributed by atoms with Gasteiger partial charge in [-0.3, -0.25) is 5.41 Å². The van der Waals surface area contributed by atoms with Crippen LogP contribution in [-0.4, -0.2) is 24.7 Å². The lowest BCUT2D eigenvalue weighted by Crippen LogP contribution is -2.30. The minimum Gasteiger partial charge on any atom is -0.370 e. The van der Waals surface area contributed by atoms with Crippen molar-refractivity contribution in [3.8, 4) is 0 Å². The van der Waals surface area contributed by atoms with Crippen LogP contribution >= 0.6 is 23.1 Å². The summed E-state index contributed by atoms with van der Waals surface area (Å²) in [5.74, 6) is 1.61. The van der Waals surface area contributed by atoms with Crippen molar-refractivity contribution in [2.75, 3.05) is 29.1 Å². The lowest BCUT2D eigenvalue weighted by atomic mass is 10.2. The highest BCUT2D eigenvalue weighted by atomic mass is 32.2. The van der Waals surface area contributed by atoms with Gasteiger partial charge in [0.2, 0.25) is 0 Å². The van der Waals surface area contributed by atoms with Crippen LogP contribution in [0.1, 0.15) is 24.6 Å². The van der Waals surface area contributed by atoms with E-state index in [1.165, 1.54) is 23.4 Å². The molecule has 116 valence electrons. The third-order valence-corrected chi connectivity index (χ3v) is 5.65. The van der Waals surface area contributed by atoms with E-state index in [9.17, 15) is 0 Å². The molecule has 0 atom stereocenters. The molecule has 0 spiro atoms. The van der Waals surface area contributed by atoms with Crippen LogP contribution in [0.4, 0.5) is 11.4 Å². The van der Waals surface area contributed by atoms with Crippen molar-refractivity contribution in [1.29, 1.82) is 5.41 Å². The zero-order valence-electron chi connectivity index (χ0n) is 12.8. The third kappa shape index (κ3) is 3.47. The molecule has 0 fully saturated rings. The van der Waals surface area contributed by atoms with Crippen molar-refractivity contribution in [3.63, 3.8) is 0 Å². The summed E-state index contributed by atoms with van der Waals surface area (Å²) < 4.78 is 0. The Hall–Kier alpha value is -1.46. The molecule has 1 aromatic heterocycles. The Kier molecular flexibility index (Phi) is 5.05. The van der Waals surface area contributed by atoms with Gasteiger partial charge in [-0.25, -0.2) is 0 Å². The smallest absolute Gasteiger partial charge is 0.140 e. The molecule has 0 bridgehead atoms. The molecule has 0 radical (unpaired) electrons. The fraction of sp³-hybridized carbons (Fsp3) is 0.353. The number of hydrogen-bond acceptors (Lipinski definition) is 4. The summed E-state index contributed by atoms with van der Waals surface area (Å²) in [5.41, 5.74) is 2.35. The number of benzene rings is 1. The number of thioether (sulfide) groups is 1. The zero-order valence-corrected chi connectivity index (χ0v) is 14.4. The number of amidine groups is 1. The average Bonchev–Trinajstić information content (AvgIpc) is 3.07. The zero-order chi connectivity index (χ0) is 15.4. The van der Waals surface area contributed by atoms with Crippen LogP contribution in [0.3, 0.4) is 0 Å². The molecule has 3 nitrogen and oxygen atoms in total. The topological polar surface area (TPSA) is 39.1 Å². The average molecular weight is 332 g/mol. The molecule has 0 saturated carbocycles. The number of nitrogens with zero attached hydrogens (tertiary/aromatic N) is 1. The normalized spacial score (nSPS) is 13.8. The van der Waals surface area contributed by atoms with Crippen molar-refractivity contribution in [2.24, 2.45) is 0 Å². The van der Waals surface area contributed by atoms with Crippen LogP contribution in [0.15, 0.2) is 40.6 Å². The van der Waals surface area contributed by atoms with E-state index in [4.69, 9.17) is 5.41 Å². The summed E-state index contributed by atoms with van der Waals surface area (Å²) in [6.07, 6.45) is 2.48. The molecule has 1 aliphatic heterocycles. The molecule has 22 heavy (non-hydrogen) atoms. The first-order chi connectivity index (χ1) is 10.8. The fourth-order valence-electron chi connectivity index (χ4n) is 2.56. The Morgan fingerprint density at radius 1 is 1.36 bits per heavy atom. The first-order valence-electron chi connectivity index (χ1n) is 7.69. The van der Waals surface area contributed by atoms with Crippen LogP contribution < -0.4 is 10.2 Å². The van der Waals surface area contributed by atoms with Crippen molar-refractivity contribution < 1.29 is 0 Å². The summed E-state index contributed by atoms with van der Waals surface area (Å²) in [4.78, 5) is 4.78. The quantitative estimate of drug-likeness (QED) is 0.605.